The fraction of sp³-hybridized carbons (Fsp3) is 0.850. The number of hydrogen-bond acceptors (Lipinski definition) is 1. The number of ketones is 1. The van der Waals surface area contributed by atoms with Gasteiger partial charge in [0, 0.05) is 5.41 Å². The molecule has 6 atom stereocenters. The molecule has 0 saturated heterocycles. The van der Waals surface area contributed by atoms with Gasteiger partial charge in [0.25, 0.3) is 0 Å². The monoisotopic (exact) mass is 286 g/mol. The van der Waals surface area contributed by atoms with Crippen molar-refractivity contribution < 1.29 is 4.79 Å². The number of hydrogen-bond donors (Lipinski definition) is 0. The topological polar surface area (TPSA) is 17.1 Å². The maximum absolute atomic E-state index is 12.3. The molecule has 4 rings (SSSR count). The maximum atomic E-state index is 12.3. The molecule has 4 aliphatic carbocycles. The highest BCUT2D eigenvalue weighted by atomic mass is 16.1. The van der Waals surface area contributed by atoms with E-state index in [4.69, 9.17) is 0 Å². The van der Waals surface area contributed by atoms with E-state index in [1.54, 1.807) is 0 Å². The van der Waals surface area contributed by atoms with Crippen LogP contribution in [0.15, 0.2) is 12.2 Å². The van der Waals surface area contributed by atoms with Gasteiger partial charge in [-0.3, -0.25) is 4.79 Å². The van der Waals surface area contributed by atoms with Crippen LogP contribution in [-0.4, -0.2) is 5.78 Å². The third-order valence-corrected chi connectivity index (χ3v) is 8.10. The quantitative estimate of drug-likeness (QED) is 0.601. The van der Waals surface area contributed by atoms with E-state index in [2.05, 4.69) is 19.9 Å². The van der Waals surface area contributed by atoms with E-state index in [0.29, 0.717) is 17.1 Å². The molecule has 0 aromatic rings. The van der Waals surface area contributed by atoms with E-state index in [9.17, 15) is 4.79 Å². The number of rotatable bonds is 0. The maximum Gasteiger partial charge on any atom is 0.161 e. The third kappa shape index (κ3) is 1.85. The van der Waals surface area contributed by atoms with Gasteiger partial charge in [-0.15, -0.1) is 0 Å². The van der Waals surface area contributed by atoms with Gasteiger partial charge in [-0.2, -0.15) is 0 Å². The molecule has 1 nitrogen and oxygen atoms in total. The molecule has 0 aliphatic heterocycles. The van der Waals surface area contributed by atoms with E-state index in [0.717, 1.165) is 24.2 Å². The molecule has 0 aromatic carbocycles. The second-order valence-electron chi connectivity index (χ2n) is 8.86. The lowest BCUT2D eigenvalue weighted by molar-refractivity contribution is -0.134. The number of carbonyl (C=O) groups excluding carboxylic acids is 1. The Balaban J connectivity index is 1.67. The van der Waals surface area contributed by atoms with Crippen molar-refractivity contribution in [3.8, 4) is 0 Å². The molecule has 0 N–H and O–H groups in total. The molecule has 116 valence electrons. The first kappa shape index (κ1) is 14.0. The van der Waals surface area contributed by atoms with Crippen molar-refractivity contribution in [2.24, 2.45) is 34.5 Å². The fourth-order valence-electron chi connectivity index (χ4n) is 6.75. The summed E-state index contributed by atoms with van der Waals surface area (Å²) in [6, 6.07) is 0. The van der Waals surface area contributed by atoms with Crippen LogP contribution in [0.3, 0.4) is 0 Å². The van der Waals surface area contributed by atoms with Crippen molar-refractivity contribution in [3.63, 3.8) is 0 Å². The van der Waals surface area contributed by atoms with Crippen LogP contribution in [0.1, 0.15) is 71.6 Å². The van der Waals surface area contributed by atoms with Crippen LogP contribution >= 0.6 is 0 Å². The lowest BCUT2D eigenvalue weighted by Crippen LogP contribution is -2.51. The van der Waals surface area contributed by atoms with Gasteiger partial charge in [-0.1, -0.05) is 39.2 Å². The molecule has 0 bridgehead atoms. The van der Waals surface area contributed by atoms with E-state index >= 15 is 0 Å². The van der Waals surface area contributed by atoms with Crippen LogP contribution < -0.4 is 0 Å². The van der Waals surface area contributed by atoms with E-state index in [1.165, 1.54) is 51.4 Å². The van der Waals surface area contributed by atoms with Crippen molar-refractivity contribution in [2.45, 2.75) is 71.6 Å². The van der Waals surface area contributed by atoms with Crippen molar-refractivity contribution in [2.75, 3.05) is 0 Å². The highest BCUT2D eigenvalue weighted by Crippen LogP contribution is 2.63. The largest absolute Gasteiger partial charge is 0.294 e. The first-order chi connectivity index (χ1) is 10.1. The van der Waals surface area contributed by atoms with Crippen LogP contribution in [-0.2, 0) is 4.79 Å². The van der Waals surface area contributed by atoms with Gasteiger partial charge in [0.05, 0.1) is 0 Å². The first-order valence-corrected chi connectivity index (χ1v) is 9.28. The summed E-state index contributed by atoms with van der Waals surface area (Å²) in [6.07, 6.45) is 16.7. The second kappa shape index (κ2) is 4.70. The Kier molecular flexibility index (Phi) is 3.14. The Morgan fingerprint density at radius 3 is 2.71 bits per heavy atom. The van der Waals surface area contributed by atoms with Crippen molar-refractivity contribution in [3.05, 3.63) is 12.2 Å². The van der Waals surface area contributed by atoms with Gasteiger partial charge in [0.15, 0.2) is 5.78 Å². The molecule has 3 fully saturated rings. The minimum Gasteiger partial charge on any atom is -0.294 e. The summed E-state index contributed by atoms with van der Waals surface area (Å²) in [5, 5.41) is 0. The molecular formula is C20H30O. The Morgan fingerprint density at radius 2 is 1.86 bits per heavy atom. The Labute approximate surface area is 129 Å². The molecule has 1 heteroatoms. The average Bonchev–Trinajstić information content (AvgIpc) is 2.65. The zero-order valence-electron chi connectivity index (χ0n) is 13.7. The van der Waals surface area contributed by atoms with Crippen LogP contribution in [0.5, 0.6) is 0 Å². The van der Waals surface area contributed by atoms with E-state index in [1.807, 2.05) is 6.08 Å². The molecule has 21 heavy (non-hydrogen) atoms. The van der Waals surface area contributed by atoms with Crippen LogP contribution in [0.2, 0.25) is 0 Å². The summed E-state index contributed by atoms with van der Waals surface area (Å²) in [5.74, 6) is 3.59. The molecule has 0 spiro atoms. The fourth-order valence-corrected chi connectivity index (χ4v) is 6.75. The summed E-state index contributed by atoms with van der Waals surface area (Å²) in [6.45, 7) is 4.86. The van der Waals surface area contributed by atoms with Gasteiger partial charge in [-0.25, -0.2) is 0 Å². The summed E-state index contributed by atoms with van der Waals surface area (Å²) in [4.78, 5) is 12.3. The first-order valence-electron chi connectivity index (χ1n) is 9.28. The molecule has 4 aliphatic rings. The molecule has 0 heterocycles. The van der Waals surface area contributed by atoms with Crippen LogP contribution in [0.25, 0.3) is 0 Å². The lowest BCUT2D eigenvalue weighted by Gasteiger charge is -2.57. The minimum atomic E-state index is -0.0465. The zero-order valence-corrected chi connectivity index (χ0v) is 13.7. The molecule has 1 unspecified atom stereocenters. The zero-order chi connectivity index (χ0) is 14.7. The second-order valence-corrected chi connectivity index (χ2v) is 8.86. The summed E-state index contributed by atoms with van der Waals surface area (Å²) in [7, 11) is 0. The van der Waals surface area contributed by atoms with Gasteiger partial charge in [0.1, 0.15) is 0 Å². The molecule has 0 aromatic heterocycles. The van der Waals surface area contributed by atoms with E-state index < -0.39 is 0 Å². The number of fused-ring (bicyclic) bond motifs is 5. The third-order valence-electron chi connectivity index (χ3n) is 8.10. The predicted octanol–water partition coefficient (Wildman–Crippen LogP) is 5.15. The smallest absolute Gasteiger partial charge is 0.161 e. The highest BCUT2D eigenvalue weighted by Gasteiger charge is 2.57. The predicted molar refractivity (Wildman–Crippen MR) is 85.9 cm³/mol. The normalized spacial score (nSPS) is 52.8. The Hall–Kier alpha value is -0.590. The SMILES string of the molecule is C[C@]12CCC3[C@@H](CC[C@H]4CCCCC[C@]34C)[C@@H]1C=CC2=O. The van der Waals surface area contributed by atoms with Crippen LogP contribution in [0, 0.1) is 34.5 Å². The van der Waals surface area contributed by atoms with Crippen molar-refractivity contribution in [1.82, 2.24) is 0 Å². The molecule has 0 amide bonds. The lowest BCUT2D eigenvalue weighted by atomic mass is 9.47. The summed E-state index contributed by atoms with van der Waals surface area (Å²) < 4.78 is 0. The number of carbonyl (C=O) groups is 1. The molecular weight excluding hydrogens is 256 g/mol. The number of allylic oxidation sites excluding steroid dienone is 2. The van der Waals surface area contributed by atoms with Crippen molar-refractivity contribution in [1.29, 1.82) is 0 Å². The standard InChI is InChI=1S/C20H30O/c1-19-12-5-3-4-6-14(19)7-8-15-16-9-10-18(21)20(16,2)13-11-17(15)19/h9-10,14-17H,3-8,11-13H2,1-2H3/t14-,15+,16+,17?,19+,20+/m1/s1. The Morgan fingerprint density at radius 1 is 1.00 bits per heavy atom. The summed E-state index contributed by atoms with van der Waals surface area (Å²) >= 11 is 0. The average molecular weight is 286 g/mol. The van der Waals surface area contributed by atoms with E-state index in [-0.39, 0.29) is 5.41 Å². The van der Waals surface area contributed by atoms with Gasteiger partial charge < -0.3 is 0 Å². The van der Waals surface area contributed by atoms with Gasteiger partial charge in [0.2, 0.25) is 0 Å². The highest BCUT2D eigenvalue weighted by molar-refractivity contribution is 5.97. The van der Waals surface area contributed by atoms with Crippen molar-refractivity contribution >= 4 is 5.78 Å². The Bertz CT molecular complexity index is 478. The molecule has 0 radical (unpaired) electrons. The van der Waals surface area contributed by atoms with Gasteiger partial charge >= 0.3 is 0 Å². The van der Waals surface area contributed by atoms with Gasteiger partial charge in [-0.05, 0) is 73.7 Å². The summed E-state index contributed by atoms with van der Waals surface area (Å²) in [5.41, 5.74) is 0.523. The van der Waals surface area contributed by atoms with Crippen LogP contribution in [0.4, 0.5) is 0 Å². The minimum absolute atomic E-state index is 0.0465. The molecule has 3 saturated carbocycles.